The van der Waals surface area contributed by atoms with Crippen LogP contribution in [0, 0.1) is 0 Å². The minimum atomic E-state index is -1.85. The fraction of sp³-hybridized carbons (Fsp3) is 1.00. The predicted octanol–water partition coefficient (Wildman–Crippen LogP) is -5.44. The Morgan fingerprint density at radius 1 is 0.682 bits per heavy atom. The van der Waals surface area contributed by atoms with Crippen molar-refractivity contribution >= 4 is 0 Å². The van der Waals surface area contributed by atoms with Gasteiger partial charge < -0.3 is 55.1 Å². The zero-order valence-corrected chi connectivity index (χ0v) is 11.3. The van der Waals surface area contributed by atoms with Crippen LogP contribution in [0.3, 0.4) is 0 Å². The number of aliphatic hydroxyl groups is 8. The molecule has 0 amide bonds. The van der Waals surface area contributed by atoms with E-state index in [0.29, 0.717) is 0 Å². The van der Waals surface area contributed by atoms with Gasteiger partial charge in [-0.3, -0.25) is 0 Å². The molecule has 22 heavy (non-hydrogen) atoms. The number of hydrogen-bond acceptors (Lipinski definition) is 11. The molecule has 10 unspecified atom stereocenters. The van der Waals surface area contributed by atoms with Gasteiger partial charge in [-0.25, -0.2) is 0 Å². The lowest BCUT2D eigenvalue weighted by Crippen LogP contribution is -2.64. The van der Waals surface area contributed by atoms with E-state index < -0.39 is 68.2 Å². The highest BCUT2D eigenvalue weighted by Crippen LogP contribution is 2.27. The molecule has 0 bridgehead atoms. The summed E-state index contributed by atoms with van der Waals surface area (Å²) in [6, 6.07) is 0. The molecule has 8 N–H and O–H groups in total. The molecule has 2 heterocycles. The summed E-state index contributed by atoms with van der Waals surface area (Å²) in [5.74, 6) is 0. The zero-order valence-electron chi connectivity index (χ0n) is 11.3. The van der Waals surface area contributed by atoms with Gasteiger partial charge in [-0.05, 0) is 0 Å². The van der Waals surface area contributed by atoms with Crippen molar-refractivity contribution in [3.05, 3.63) is 0 Å². The topological polar surface area (TPSA) is 190 Å². The Morgan fingerprint density at radius 3 is 1.82 bits per heavy atom. The Balaban J connectivity index is 2.10. The first-order valence-corrected chi connectivity index (χ1v) is 6.61. The van der Waals surface area contributed by atoms with Gasteiger partial charge in [0.2, 0.25) is 0 Å². The lowest BCUT2D eigenvalue weighted by atomic mass is 9.98. The van der Waals surface area contributed by atoms with Crippen molar-refractivity contribution in [1.82, 2.24) is 0 Å². The number of ether oxygens (including phenoxy) is 3. The molecule has 0 radical (unpaired) electrons. The van der Waals surface area contributed by atoms with E-state index in [1.165, 1.54) is 0 Å². The lowest BCUT2D eigenvalue weighted by molar-refractivity contribution is -0.375. The smallest absolute Gasteiger partial charge is 0.189 e. The van der Waals surface area contributed by atoms with E-state index in [0.717, 1.165) is 0 Å². The first-order chi connectivity index (χ1) is 10.3. The van der Waals surface area contributed by atoms with E-state index in [1.54, 1.807) is 0 Å². The molecule has 2 aliphatic heterocycles. The molecule has 2 fully saturated rings. The highest BCUT2D eigenvalue weighted by molar-refractivity contribution is 4.92. The van der Waals surface area contributed by atoms with Crippen molar-refractivity contribution in [2.45, 2.75) is 61.6 Å². The summed E-state index contributed by atoms with van der Waals surface area (Å²) in [4.78, 5) is 0. The third-order valence-electron chi connectivity index (χ3n) is 3.67. The van der Waals surface area contributed by atoms with E-state index in [-0.39, 0.29) is 0 Å². The molecule has 0 aromatic heterocycles. The predicted molar refractivity (Wildman–Crippen MR) is 63.8 cm³/mol. The molecule has 10 atom stereocenters. The number of hydrogen-bond donors (Lipinski definition) is 8. The Bertz CT molecular complexity index is 366. The van der Waals surface area contributed by atoms with E-state index in [1.807, 2.05) is 0 Å². The van der Waals surface area contributed by atoms with Gasteiger partial charge in [-0.1, -0.05) is 0 Å². The Hall–Kier alpha value is -0.440. The van der Waals surface area contributed by atoms with Crippen LogP contribution in [-0.4, -0.2) is 109 Å². The van der Waals surface area contributed by atoms with Crippen LogP contribution in [0.1, 0.15) is 0 Å². The van der Waals surface area contributed by atoms with E-state index >= 15 is 0 Å². The van der Waals surface area contributed by atoms with Crippen LogP contribution in [0.4, 0.5) is 0 Å². The van der Waals surface area contributed by atoms with Gasteiger partial charge in [-0.15, -0.1) is 0 Å². The minimum Gasteiger partial charge on any atom is -0.394 e. The van der Waals surface area contributed by atoms with Crippen molar-refractivity contribution < 1.29 is 55.1 Å². The maximum absolute atomic E-state index is 9.87. The van der Waals surface area contributed by atoms with Gasteiger partial charge >= 0.3 is 0 Å². The SMILES string of the molecule is OCC1OC(O)C(O)C(O)C1OC1OC(O)C(O)C(O)C1O. The standard InChI is InChI=1S/C11H20O11/c12-1-2-8(4(14)6(16)9(18)20-2)21-11-7(17)3(13)5(15)10(19)22-11/h2-19H,1H2. The first kappa shape index (κ1) is 17.9. The molecule has 0 aromatic carbocycles. The number of aliphatic hydroxyl groups excluding tert-OH is 8. The third kappa shape index (κ3) is 3.25. The van der Waals surface area contributed by atoms with Crippen LogP contribution < -0.4 is 0 Å². The van der Waals surface area contributed by atoms with Gasteiger partial charge in [0.25, 0.3) is 0 Å². The zero-order chi connectivity index (χ0) is 16.6. The molecular weight excluding hydrogens is 308 g/mol. The molecule has 0 aromatic rings. The van der Waals surface area contributed by atoms with Crippen molar-refractivity contribution in [1.29, 1.82) is 0 Å². The van der Waals surface area contributed by atoms with Crippen LogP contribution in [0.25, 0.3) is 0 Å². The summed E-state index contributed by atoms with van der Waals surface area (Å²) in [7, 11) is 0. The van der Waals surface area contributed by atoms with E-state index in [2.05, 4.69) is 0 Å². The van der Waals surface area contributed by atoms with Crippen molar-refractivity contribution in [2.75, 3.05) is 6.61 Å². The van der Waals surface area contributed by atoms with E-state index in [4.69, 9.17) is 14.2 Å². The second-order valence-electron chi connectivity index (χ2n) is 5.20. The lowest BCUT2D eigenvalue weighted by Gasteiger charge is -2.44. The maximum atomic E-state index is 9.87. The molecular formula is C11H20O11. The van der Waals surface area contributed by atoms with Gasteiger partial charge in [0.1, 0.15) is 42.7 Å². The largest absolute Gasteiger partial charge is 0.394 e. The number of rotatable bonds is 3. The second kappa shape index (κ2) is 6.98. The molecule has 0 aliphatic carbocycles. The summed E-state index contributed by atoms with van der Waals surface area (Å²) in [5, 5.41) is 76.0. The highest BCUT2D eigenvalue weighted by Gasteiger charge is 2.49. The molecule has 2 saturated heterocycles. The van der Waals surface area contributed by atoms with Crippen molar-refractivity contribution in [2.24, 2.45) is 0 Å². The van der Waals surface area contributed by atoms with Crippen LogP contribution in [0.5, 0.6) is 0 Å². The fourth-order valence-corrected chi connectivity index (χ4v) is 2.33. The van der Waals surface area contributed by atoms with Crippen LogP contribution in [0.15, 0.2) is 0 Å². The Kier molecular flexibility index (Phi) is 5.68. The quantitative estimate of drug-likeness (QED) is 0.247. The van der Waals surface area contributed by atoms with Crippen LogP contribution in [0.2, 0.25) is 0 Å². The van der Waals surface area contributed by atoms with Gasteiger partial charge in [0.05, 0.1) is 6.61 Å². The molecule has 0 saturated carbocycles. The maximum Gasteiger partial charge on any atom is 0.189 e. The third-order valence-corrected chi connectivity index (χ3v) is 3.67. The van der Waals surface area contributed by atoms with Gasteiger partial charge in [0, 0.05) is 0 Å². The normalized spacial score (nSPS) is 53.5. The van der Waals surface area contributed by atoms with Crippen LogP contribution >= 0.6 is 0 Å². The minimum absolute atomic E-state index is 0.692. The Labute approximate surface area is 124 Å². The average molecular weight is 328 g/mol. The molecule has 2 aliphatic rings. The van der Waals surface area contributed by atoms with Crippen LogP contribution in [-0.2, 0) is 14.2 Å². The molecule has 11 heteroatoms. The summed E-state index contributed by atoms with van der Waals surface area (Å²) < 4.78 is 14.8. The second-order valence-corrected chi connectivity index (χ2v) is 5.20. The summed E-state index contributed by atoms with van der Waals surface area (Å²) >= 11 is 0. The first-order valence-electron chi connectivity index (χ1n) is 6.61. The summed E-state index contributed by atoms with van der Waals surface area (Å²) in [5.41, 5.74) is 0. The molecule has 2 rings (SSSR count). The Morgan fingerprint density at radius 2 is 1.23 bits per heavy atom. The summed E-state index contributed by atoms with van der Waals surface area (Å²) in [6.45, 7) is -0.692. The van der Waals surface area contributed by atoms with Gasteiger partial charge in [-0.2, -0.15) is 0 Å². The fourth-order valence-electron chi connectivity index (χ4n) is 2.33. The highest BCUT2D eigenvalue weighted by atomic mass is 16.8. The molecule has 0 spiro atoms. The van der Waals surface area contributed by atoms with E-state index in [9.17, 15) is 40.9 Å². The van der Waals surface area contributed by atoms with Crippen molar-refractivity contribution in [3.8, 4) is 0 Å². The average Bonchev–Trinajstić information content (AvgIpc) is 2.50. The summed E-state index contributed by atoms with van der Waals surface area (Å²) in [6.07, 6.45) is -16.7. The van der Waals surface area contributed by atoms with Crippen molar-refractivity contribution in [3.63, 3.8) is 0 Å². The molecule has 130 valence electrons. The monoisotopic (exact) mass is 328 g/mol. The van der Waals surface area contributed by atoms with Gasteiger partial charge in [0.15, 0.2) is 18.9 Å². The molecule has 11 nitrogen and oxygen atoms in total.